The Morgan fingerprint density at radius 2 is 1.88 bits per heavy atom. The van der Waals surface area contributed by atoms with E-state index in [9.17, 15) is 27.9 Å². The number of alkyl halides is 3. The van der Waals surface area contributed by atoms with Gasteiger partial charge >= 0.3 is 12.3 Å². The van der Waals surface area contributed by atoms with Gasteiger partial charge in [-0.15, -0.1) is 13.2 Å². The lowest BCUT2D eigenvalue weighted by molar-refractivity contribution is -0.274. The maximum absolute atomic E-state index is 12.4. The van der Waals surface area contributed by atoms with E-state index in [-0.39, 0.29) is 30.5 Å². The van der Waals surface area contributed by atoms with E-state index < -0.39 is 17.7 Å². The molecule has 1 aromatic rings. The van der Waals surface area contributed by atoms with Crippen LogP contribution in [0.15, 0.2) is 24.3 Å². The number of rotatable bonds is 5. The minimum Gasteiger partial charge on any atom is -0.481 e. The summed E-state index contributed by atoms with van der Waals surface area (Å²) in [6.07, 6.45) is -4.37. The van der Waals surface area contributed by atoms with Crippen LogP contribution in [0.2, 0.25) is 0 Å². The number of carboxylic acids is 1. The predicted octanol–water partition coefficient (Wildman–Crippen LogP) is 3.09. The van der Waals surface area contributed by atoms with E-state index in [4.69, 9.17) is 0 Å². The average molecular weight is 359 g/mol. The molecule has 25 heavy (non-hydrogen) atoms. The second kappa shape index (κ2) is 6.93. The number of nitrogens with zero attached hydrogens (tertiary/aromatic N) is 1. The van der Waals surface area contributed by atoms with Gasteiger partial charge in [0.2, 0.25) is 5.91 Å². The second-order valence-corrected chi connectivity index (χ2v) is 6.55. The van der Waals surface area contributed by atoms with Crippen LogP contribution in [-0.2, 0) is 16.0 Å². The topological polar surface area (TPSA) is 66.8 Å². The van der Waals surface area contributed by atoms with Gasteiger partial charge in [-0.05, 0) is 30.0 Å². The van der Waals surface area contributed by atoms with E-state index >= 15 is 0 Å². The van der Waals surface area contributed by atoms with Crippen molar-refractivity contribution in [3.8, 4) is 5.75 Å². The van der Waals surface area contributed by atoms with E-state index in [1.165, 1.54) is 17.0 Å². The first kappa shape index (κ1) is 19.1. The molecular formula is C17H20F3NO4. The number of amides is 1. The molecule has 138 valence electrons. The second-order valence-electron chi connectivity index (χ2n) is 6.55. The van der Waals surface area contributed by atoms with E-state index in [1.54, 1.807) is 0 Å². The Morgan fingerprint density at radius 3 is 2.32 bits per heavy atom. The zero-order chi connectivity index (χ0) is 18.8. The standard InChI is InChI=1S/C17H20F3NO4/c1-11(2)16(15(23)24)7-8-21(10-16)14(22)9-12-3-5-13(6-4-12)25-17(18,19)20/h3-6,11H,7-10H2,1-2H3,(H,23,24). The Labute approximate surface area is 143 Å². The summed E-state index contributed by atoms with van der Waals surface area (Å²) in [7, 11) is 0. The van der Waals surface area contributed by atoms with Crippen molar-refractivity contribution in [1.82, 2.24) is 4.90 Å². The SMILES string of the molecule is CC(C)C1(C(=O)O)CCN(C(=O)Cc2ccc(OC(F)(F)F)cc2)C1. The first-order valence-corrected chi connectivity index (χ1v) is 7.89. The van der Waals surface area contributed by atoms with Crippen LogP contribution in [0.5, 0.6) is 5.75 Å². The molecule has 1 N–H and O–H groups in total. The molecule has 1 heterocycles. The van der Waals surface area contributed by atoms with Crippen LogP contribution in [0, 0.1) is 11.3 Å². The lowest BCUT2D eigenvalue weighted by atomic mass is 9.76. The summed E-state index contributed by atoms with van der Waals surface area (Å²) < 4.78 is 40.2. The Hall–Kier alpha value is -2.25. The highest BCUT2D eigenvalue weighted by Crippen LogP contribution is 2.38. The molecule has 0 spiro atoms. The number of likely N-dealkylation sites (tertiary alicyclic amines) is 1. The van der Waals surface area contributed by atoms with Gasteiger partial charge in [0, 0.05) is 13.1 Å². The van der Waals surface area contributed by atoms with E-state index in [0.29, 0.717) is 18.5 Å². The number of benzene rings is 1. The normalized spacial score (nSPS) is 20.8. The largest absolute Gasteiger partial charge is 0.573 e. The highest BCUT2D eigenvalue weighted by Gasteiger charge is 2.48. The summed E-state index contributed by atoms with van der Waals surface area (Å²) in [6.45, 7) is 4.15. The highest BCUT2D eigenvalue weighted by molar-refractivity contribution is 5.82. The Kier molecular flexibility index (Phi) is 5.29. The van der Waals surface area contributed by atoms with Gasteiger partial charge in [0.15, 0.2) is 0 Å². The van der Waals surface area contributed by atoms with Crippen LogP contribution in [0.4, 0.5) is 13.2 Å². The van der Waals surface area contributed by atoms with Gasteiger partial charge in [-0.3, -0.25) is 9.59 Å². The zero-order valence-electron chi connectivity index (χ0n) is 14.0. The molecule has 8 heteroatoms. The highest BCUT2D eigenvalue weighted by atomic mass is 19.4. The van der Waals surface area contributed by atoms with Crippen molar-refractivity contribution in [1.29, 1.82) is 0 Å². The van der Waals surface area contributed by atoms with Crippen molar-refractivity contribution >= 4 is 11.9 Å². The summed E-state index contributed by atoms with van der Waals surface area (Å²) in [4.78, 5) is 25.5. The minimum absolute atomic E-state index is 0.0000914. The molecule has 0 saturated carbocycles. The third kappa shape index (κ3) is 4.43. The van der Waals surface area contributed by atoms with Gasteiger partial charge in [0.25, 0.3) is 0 Å². The number of carbonyl (C=O) groups excluding carboxylic acids is 1. The summed E-state index contributed by atoms with van der Waals surface area (Å²) >= 11 is 0. The van der Waals surface area contributed by atoms with Crippen molar-refractivity contribution in [2.45, 2.75) is 33.1 Å². The molecule has 1 saturated heterocycles. The molecule has 0 aliphatic carbocycles. The Morgan fingerprint density at radius 1 is 1.28 bits per heavy atom. The van der Waals surface area contributed by atoms with Gasteiger partial charge in [0.05, 0.1) is 11.8 Å². The molecular weight excluding hydrogens is 339 g/mol. The molecule has 1 unspecified atom stereocenters. The monoisotopic (exact) mass is 359 g/mol. The van der Waals surface area contributed by atoms with E-state index in [1.807, 2.05) is 13.8 Å². The predicted molar refractivity (Wildman–Crippen MR) is 82.9 cm³/mol. The fraction of sp³-hybridized carbons (Fsp3) is 0.529. The zero-order valence-corrected chi connectivity index (χ0v) is 14.0. The van der Waals surface area contributed by atoms with Gasteiger partial charge in [-0.1, -0.05) is 26.0 Å². The van der Waals surface area contributed by atoms with Crippen LogP contribution < -0.4 is 4.74 Å². The Balaban J connectivity index is 2.00. The van der Waals surface area contributed by atoms with Crippen LogP contribution >= 0.6 is 0 Å². The fourth-order valence-electron chi connectivity index (χ4n) is 3.03. The lowest BCUT2D eigenvalue weighted by Gasteiger charge is -2.28. The average Bonchev–Trinajstić information content (AvgIpc) is 2.94. The number of carbonyl (C=O) groups is 2. The molecule has 1 aromatic carbocycles. The molecule has 1 fully saturated rings. The van der Waals surface area contributed by atoms with Gasteiger partial charge in [0.1, 0.15) is 5.75 Å². The summed E-state index contributed by atoms with van der Waals surface area (Å²) in [5.41, 5.74) is -0.406. The number of carboxylic acid groups (broad SMARTS) is 1. The van der Waals surface area contributed by atoms with Gasteiger partial charge in [-0.25, -0.2) is 0 Å². The van der Waals surface area contributed by atoms with Crippen LogP contribution in [-0.4, -0.2) is 41.3 Å². The van der Waals surface area contributed by atoms with E-state index in [2.05, 4.69) is 4.74 Å². The number of hydrogen-bond donors (Lipinski definition) is 1. The van der Waals surface area contributed by atoms with Crippen molar-refractivity contribution in [2.24, 2.45) is 11.3 Å². The molecule has 1 aliphatic rings. The van der Waals surface area contributed by atoms with Crippen LogP contribution in [0.3, 0.4) is 0 Å². The molecule has 1 aliphatic heterocycles. The first-order valence-electron chi connectivity index (χ1n) is 7.89. The molecule has 5 nitrogen and oxygen atoms in total. The summed E-state index contributed by atoms with van der Waals surface area (Å²) in [6, 6.07) is 5.08. The van der Waals surface area contributed by atoms with E-state index in [0.717, 1.165) is 12.1 Å². The van der Waals surface area contributed by atoms with Gasteiger partial charge in [-0.2, -0.15) is 0 Å². The van der Waals surface area contributed by atoms with Crippen molar-refractivity contribution in [2.75, 3.05) is 13.1 Å². The maximum atomic E-state index is 12.4. The smallest absolute Gasteiger partial charge is 0.481 e. The van der Waals surface area contributed by atoms with Crippen LogP contribution in [0.25, 0.3) is 0 Å². The minimum atomic E-state index is -4.76. The summed E-state index contributed by atoms with van der Waals surface area (Å²) in [5.74, 6) is -1.61. The van der Waals surface area contributed by atoms with Crippen molar-refractivity contribution < 1.29 is 32.6 Å². The molecule has 0 radical (unpaired) electrons. The maximum Gasteiger partial charge on any atom is 0.573 e. The summed E-state index contributed by atoms with van der Waals surface area (Å²) in [5, 5.41) is 9.50. The molecule has 1 amide bonds. The van der Waals surface area contributed by atoms with Gasteiger partial charge < -0.3 is 14.7 Å². The molecule has 1 atom stereocenters. The Bertz CT molecular complexity index is 642. The number of ether oxygens (including phenoxy) is 1. The fourth-order valence-corrected chi connectivity index (χ4v) is 3.03. The number of aliphatic carboxylic acids is 1. The van der Waals surface area contributed by atoms with Crippen LogP contribution in [0.1, 0.15) is 25.8 Å². The quantitative estimate of drug-likeness (QED) is 0.877. The number of hydrogen-bond acceptors (Lipinski definition) is 3. The number of halogens is 3. The third-order valence-corrected chi connectivity index (χ3v) is 4.70. The van der Waals surface area contributed by atoms with Crippen molar-refractivity contribution in [3.63, 3.8) is 0 Å². The molecule has 2 rings (SSSR count). The lowest BCUT2D eigenvalue weighted by Crippen LogP contribution is -2.41. The molecule has 0 bridgehead atoms. The molecule has 0 aromatic heterocycles. The third-order valence-electron chi connectivity index (χ3n) is 4.70. The first-order chi connectivity index (χ1) is 11.5. The van der Waals surface area contributed by atoms with Crippen molar-refractivity contribution in [3.05, 3.63) is 29.8 Å².